The first-order valence-electron chi connectivity index (χ1n) is 12.0. The molecule has 1 aliphatic carbocycles. The number of nitrogens with zero attached hydrogens (tertiary/aromatic N) is 1. The van der Waals surface area contributed by atoms with E-state index in [0.717, 1.165) is 35.9 Å². The van der Waals surface area contributed by atoms with Gasteiger partial charge in [-0.2, -0.15) is 0 Å². The summed E-state index contributed by atoms with van der Waals surface area (Å²) in [4.78, 5) is 21.2. The van der Waals surface area contributed by atoms with E-state index in [4.69, 9.17) is 14.2 Å². The summed E-state index contributed by atoms with van der Waals surface area (Å²) < 4.78 is 31.6. The maximum Gasteiger partial charge on any atom is 0.255 e. The Bertz CT molecular complexity index is 1230. The van der Waals surface area contributed by atoms with Crippen LogP contribution in [-0.4, -0.2) is 57.1 Å². The zero-order valence-corrected chi connectivity index (χ0v) is 19.9. The normalized spacial score (nSPS) is 24.3. The molecule has 2 bridgehead atoms. The predicted molar refractivity (Wildman–Crippen MR) is 130 cm³/mol. The van der Waals surface area contributed by atoms with Gasteiger partial charge in [0.05, 0.1) is 36.9 Å². The van der Waals surface area contributed by atoms with Crippen LogP contribution < -0.4 is 10.6 Å². The summed E-state index contributed by atoms with van der Waals surface area (Å²) in [5, 5.41) is 6.29. The molecule has 1 aromatic rings. The first kappa shape index (κ1) is 23.2. The number of hydrogen-bond donors (Lipinski definition) is 3. The van der Waals surface area contributed by atoms with Gasteiger partial charge >= 0.3 is 0 Å². The molecule has 9 heteroatoms. The van der Waals surface area contributed by atoms with Crippen molar-refractivity contribution < 1.29 is 23.4 Å². The van der Waals surface area contributed by atoms with Crippen LogP contribution in [0.4, 0.5) is 10.1 Å². The largest absolute Gasteiger partial charge is 0.491 e. The van der Waals surface area contributed by atoms with Crippen LogP contribution in [0.2, 0.25) is 0 Å². The van der Waals surface area contributed by atoms with Crippen LogP contribution in [0.5, 0.6) is 0 Å². The Hall–Kier alpha value is -3.51. The number of ether oxygens (including phenoxy) is 3. The van der Waals surface area contributed by atoms with Gasteiger partial charge < -0.3 is 29.8 Å². The van der Waals surface area contributed by atoms with Gasteiger partial charge in [-0.05, 0) is 30.9 Å². The van der Waals surface area contributed by atoms with Crippen LogP contribution in [0, 0.1) is 5.92 Å². The third-order valence-electron chi connectivity index (χ3n) is 6.69. The van der Waals surface area contributed by atoms with E-state index in [1.54, 1.807) is 6.21 Å². The fourth-order valence-electron chi connectivity index (χ4n) is 4.94. The number of halogens is 1. The van der Waals surface area contributed by atoms with Gasteiger partial charge in [-0.3, -0.25) is 9.79 Å². The fourth-order valence-corrected chi connectivity index (χ4v) is 4.94. The number of aromatic amines is 1. The highest BCUT2D eigenvalue weighted by Gasteiger charge is 2.35. The molecule has 0 radical (unpaired) electrons. The van der Waals surface area contributed by atoms with Gasteiger partial charge in [0.2, 0.25) is 0 Å². The van der Waals surface area contributed by atoms with E-state index in [1.807, 2.05) is 0 Å². The van der Waals surface area contributed by atoms with Crippen molar-refractivity contribution in [2.45, 2.75) is 32.1 Å². The Morgan fingerprint density at radius 3 is 3.06 bits per heavy atom. The topological polar surface area (TPSA) is 97.0 Å². The van der Waals surface area contributed by atoms with Gasteiger partial charge in [0, 0.05) is 43.0 Å². The highest BCUT2D eigenvalue weighted by molar-refractivity contribution is 6.06. The molecule has 1 amide bonds. The van der Waals surface area contributed by atoms with Gasteiger partial charge in [0.15, 0.2) is 11.6 Å². The second kappa shape index (κ2) is 10.0. The Balaban J connectivity index is 1.68. The standard InChI is InChI=1S/C26H29FN4O4/c1-15-7-9-34-10-11-35-20-14-28-8-6-17(20)23-24(30-19-5-3-4-18(27)25(19)33-2)21-22(31-23)16(12-15)13-29-26(21)32/h4,14-16,30-31H,6-13H2,1-2H3,(H,29,32). The number of hydrogen-bond acceptors (Lipinski definition) is 6. The molecule has 0 saturated carbocycles. The average Bonchev–Trinajstić information content (AvgIpc) is 3.23. The average molecular weight is 481 g/mol. The van der Waals surface area contributed by atoms with Crippen LogP contribution in [0.25, 0.3) is 5.57 Å². The SMILES string of the molecule is COC1=C(F)C=C=C=C1Nc1c2[nH]c3c1C(=O)NCC3CC(C)CCOCCOC1=C2CCN=C1. The minimum absolute atomic E-state index is 0.00439. The summed E-state index contributed by atoms with van der Waals surface area (Å²) in [5.74, 6) is 0.380. The van der Waals surface area contributed by atoms with Gasteiger partial charge in [-0.25, -0.2) is 4.39 Å². The number of methoxy groups -OCH3 is 1. The Morgan fingerprint density at radius 1 is 1.31 bits per heavy atom. The minimum atomic E-state index is -0.567. The van der Waals surface area contributed by atoms with Gasteiger partial charge in [-0.15, -0.1) is 0 Å². The summed E-state index contributed by atoms with van der Waals surface area (Å²) in [7, 11) is 1.39. The first-order valence-corrected chi connectivity index (χ1v) is 12.0. The minimum Gasteiger partial charge on any atom is -0.491 e. The van der Waals surface area contributed by atoms with Crippen molar-refractivity contribution in [3.63, 3.8) is 0 Å². The summed E-state index contributed by atoms with van der Waals surface area (Å²) >= 11 is 0. The summed E-state index contributed by atoms with van der Waals surface area (Å²) in [6.07, 6.45) is 5.32. The van der Waals surface area contributed by atoms with E-state index in [2.05, 4.69) is 39.0 Å². The summed E-state index contributed by atoms with van der Waals surface area (Å²) in [6, 6.07) is 0. The van der Waals surface area contributed by atoms with Gasteiger partial charge in [0.25, 0.3) is 5.91 Å². The number of amides is 1. The lowest BCUT2D eigenvalue weighted by Gasteiger charge is -2.26. The lowest BCUT2D eigenvalue weighted by atomic mass is 9.87. The number of aromatic nitrogens is 1. The number of anilines is 1. The summed E-state index contributed by atoms with van der Waals surface area (Å²) in [6.45, 7) is 4.88. The lowest BCUT2D eigenvalue weighted by Crippen LogP contribution is -2.35. The molecule has 35 heavy (non-hydrogen) atoms. The Kier molecular flexibility index (Phi) is 6.64. The number of fused-ring (bicyclic) bond motifs is 2. The molecular weight excluding hydrogens is 451 g/mol. The molecule has 4 aliphatic rings. The Morgan fingerprint density at radius 2 is 2.20 bits per heavy atom. The molecule has 2 atom stereocenters. The van der Waals surface area contributed by atoms with Crippen molar-refractivity contribution in [2.75, 3.05) is 45.3 Å². The van der Waals surface area contributed by atoms with Crippen LogP contribution in [0.15, 0.2) is 45.6 Å². The van der Waals surface area contributed by atoms with Crippen LogP contribution in [-0.2, 0) is 14.2 Å². The van der Waals surface area contributed by atoms with Crippen molar-refractivity contribution in [3.8, 4) is 0 Å². The van der Waals surface area contributed by atoms with E-state index in [-0.39, 0.29) is 23.3 Å². The predicted octanol–water partition coefficient (Wildman–Crippen LogP) is 3.94. The zero-order valence-electron chi connectivity index (χ0n) is 19.9. The third kappa shape index (κ3) is 4.58. The van der Waals surface area contributed by atoms with Crippen LogP contribution in [0.1, 0.15) is 53.8 Å². The fraction of sp³-hybridized carbons (Fsp3) is 0.462. The highest BCUT2D eigenvalue weighted by Crippen LogP contribution is 2.41. The second-order valence-corrected chi connectivity index (χ2v) is 9.08. The molecule has 2 unspecified atom stereocenters. The van der Waals surface area contributed by atoms with Crippen molar-refractivity contribution in [3.05, 3.63) is 57.5 Å². The van der Waals surface area contributed by atoms with Gasteiger partial charge in [0.1, 0.15) is 18.1 Å². The van der Waals surface area contributed by atoms with Crippen molar-refractivity contribution in [2.24, 2.45) is 10.9 Å². The molecule has 0 fully saturated rings. The second-order valence-electron chi connectivity index (χ2n) is 9.08. The third-order valence-corrected chi connectivity index (χ3v) is 6.69. The number of carbonyl (C=O) groups is 1. The van der Waals surface area contributed by atoms with Crippen molar-refractivity contribution >= 4 is 23.4 Å². The quantitative estimate of drug-likeness (QED) is 0.570. The first-order chi connectivity index (χ1) is 17.1. The van der Waals surface area contributed by atoms with Gasteiger partial charge in [-0.1, -0.05) is 12.7 Å². The van der Waals surface area contributed by atoms with Crippen molar-refractivity contribution in [1.29, 1.82) is 0 Å². The van der Waals surface area contributed by atoms with Crippen LogP contribution in [0.3, 0.4) is 0 Å². The number of nitrogens with one attached hydrogen (secondary N) is 3. The molecule has 0 aromatic carbocycles. The smallest absolute Gasteiger partial charge is 0.255 e. The van der Waals surface area contributed by atoms with E-state index in [9.17, 15) is 9.18 Å². The van der Waals surface area contributed by atoms with Crippen molar-refractivity contribution in [1.82, 2.24) is 10.3 Å². The van der Waals surface area contributed by atoms with E-state index < -0.39 is 5.83 Å². The van der Waals surface area contributed by atoms with E-state index in [0.29, 0.717) is 62.3 Å². The number of carbonyl (C=O) groups excluding carboxylic acids is 1. The molecule has 0 spiro atoms. The molecule has 5 rings (SSSR count). The lowest BCUT2D eigenvalue weighted by molar-refractivity contribution is 0.0727. The Labute approximate surface area is 203 Å². The maximum atomic E-state index is 14.4. The monoisotopic (exact) mass is 480 g/mol. The maximum absolute atomic E-state index is 14.4. The molecular formula is C26H29FN4O4. The summed E-state index contributed by atoms with van der Waals surface area (Å²) in [5.41, 5.74) is 9.36. The molecule has 3 N–H and O–H groups in total. The molecule has 4 heterocycles. The molecule has 1 aromatic heterocycles. The molecule has 0 saturated heterocycles. The van der Waals surface area contributed by atoms with E-state index in [1.165, 1.54) is 7.11 Å². The van der Waals surface area contributed by atoms with E-state index >= 15 is 0 Å². The number of rotatable bonds is 3. The highest BCUT2D eigenvalue weighted by atomic mass is 19.1. The molecule has 8 nitrogen and oxygen atoms in total. The molecule has 184 valence electrons. The molecule has 3 aliphatic heterocycles. The zero-order chi connectivity index (χ0) is 24.4. The number of aliphatic imine (C=N–C) groups is 1. The van der Waals surface area contributed by atoms with Crippen LogP contribution >= 0.6 is 0 Å². The number of allylic oxidation sites excluding steroid dienone is 3. The number of dihydropyridines is 1. The number of H-pyrrole nitrogens is 1.